The van der Waals surface area contributed by atoms with Crippen LogP contribution in [-0.4, -0.2) is 18.9 Å². The molecule has 12 heavy (non-hydrogen) atoms. The SMILES string of the molecule is CN[C@@H](C)C(=O)C1CCCCC1. The van der Waals surface area contributed by atoms with Gasteiger partial charge in [-0.05, 0) is 26.8 Å². The van der Waals surface area contributed by atoms with Crippen LogP contribution in [0.2, 0.25) is 0 Å². The number of carbonyl (C=O) groups is 1. The van der Waals surface area contributed by atoms with Crippen LogP contribution in [-0.2, 0) is 4.79 Å². The summed E-state index contributed by atoms with van der Waals surface area (Å²) in [6.07, 6.45) is 6.03. The number of hydrogen-bond donors (Lipinski definition) is 1. The maximum atomic E-state index is 11.7. The normalized spacial score (nSPS) is 22.2. The number of ketones is 1. The highest BCUT2D eigenvalue weighted by Crippen LogP contribution is 2.25. The first-order valence-electron chi connectivity index (χ1n) is 4.96. The first kappa shape index (κ1) is 9.72. The van der Waals surface area contributed by atoms with E-state index >= 15 is 0 Å². The van der Waals surface area contributed by atoms with Crippen molar-refractivity contribution in [3.05, 3.63) is 0 Å². The van der Waals surface area contributed by atoms with E-state index in [4.69, 9.17) is 0 Å². The molecule has 0 radical (unpaired) electrons. The molecule has 0 aromatic rings. The molecule has 1 N–H and O–H groups in total. The second-order valence-electron chi connectivity index (χ2n) is 3.75. The second-order valence-corrected chi connectivity index (χ2v) is 3.75. The van der Waals surface area contributed by atoms with Crippen LogP contribution in [0, 0.1) is 5.92 Å². The number of hydrogen-bond acceptors (Lipinski definition) is 2. The third-order valence-electron chi connectivity index (χ3n) is 2.87. The fraction of sp³-hybridized carbons (Fsp3) is 0.900. The van der Waals surface area contributed by atoms with Crippen molar-refractivity contribution in [2.45, 2.75) is 45.1 Å². The zero-order valence-corrected chi connectivity index (χ0v) is 8.10. The Hall–Kier alpha value is -0.370. The van der Waals surface area contributed by atoms with E-state index in [1.54, 1.807) is 0 Å². The molecule has 1 aliphatic rings. The molecule has 0 aliphatic heterocycles. The van der Waals surface area contributed by atoms with Crippen molar-refractivity contribution in [2.24, 2.45) is 5.92 Å². The van der Waals surface area contributed by atoms with Crippen molar-refractivity contribution < 1.29 is 4.79 Å². The fourth-order valence-electron chi connectivity index (χ4n) is 1.88. The monoisotopic (exact) mass is 169 g/mol. The zero-order valence-electron chi connectivity index (χ0n) is 8.10. The Balaban J connectivity index is 2.39. The van der Waals surface area contributed by atoms with E-state index in [0.29, 0.717) is 11.7 Å². The van der Waals surface area contributed by atoms with Crippen molar-refractivity contribution in [3.8, 4) is 0 Å². The average molecular weight is 169 g/mol. The molecule has 0 aromatic carbocycles. The van der Waals surface area contributed by atoms with Gasteiger partial charge >= 0.3 is 0 Å². The first-order valence-corrected chi connectivity index (χ1v) is 4.96. The van der Waals surface area contributed by atoms with E-state index in [9.17, 15) is 4.79 Å². The van der Waals surface area contributed by atoms with E-state index in [1.807, 2.05) is 14.0 Å². The minimum atomic E-state index is 0.0492. The molecule has 0 aromatic heterocycles. The van der Waals surface area contributed by atoms with Crippen LogP contribution in [0.4, 0.5) is 0 Å². The molecule has 0 amide bonds. The molecule has 1 aliphatic carbocycles. The van der Waals surface area contributed by atoms with Gasteiger partial charge in [0, 0.05) is 5.92 Å². The molecule has 1 fully saturated rings. The van der Waals surface area contributed by atoms with Gasteiger partial charge in [0.2, 0.25) is 0 Å². The standard InChI is InChI=1S/C10H19NO/c1-8(11-2)10(12)9-6-4-3-5-7-9/h8-9,11H,3-7H2,1-2H3/t8-/m0/s1. The zero-order chi connectivity index (χ0) is 8.97. The van der Waals surface area contributed by atoms with Crippen molar-refractivity contribution in [1.29, 1.82) is 0 Å². The highest BCUT2D eigenvalue weighted by Gasteiger charge is 2.24. The van der Waals surface area contributed by atoms with E-state index in [-0.39, 0.29) is 6.04 Å². The number of rotatable bonds is 3. The lowest BCUT2D eigenvalue weighted by atomic mass is 9.84. The number of carbonyl (C=O) groups excluding carboxylic acids is 1. The van der Waals surface area contributed by atoms with E-state index in [1.165, 1.54) is 19.3 Å². The quantitative estimate of drug-likeness (QED) is 0.697. The van der Waals surface area contributed by atoms with Gasteiger partial charge in [-0.25, -0.2) is 0 Å². The molecule has 2 nitrogen and oxygen atoms in total. The third-order valence-corrected chi connectivity index (χ3v) is 2.87. The Kier molecular flexibility index (Phi) is 3.73. The van der Waals surface area contributed by atoms with Crippen LogP contribution in [0.25, 0.3) is 0 Å². The van der Waals surface area contributed by atoms with Crippen molar-refractivity contribution in [3.63, 3.8) is 0 Å². The summed E-state index contributed by atoms with van der Waals surface area (Å²) in [5, 5.41) is 3.01. The van der Waals surface area contributed by atoms with Gasteiger partial charge in [0.1, 0.15) is 0 Å². The van der Waals surface area contributed by atoms with Gasteiger partial charge in [-0.2, -0.15) is 0 Å². The Morgan fingerprint density at radius 1 is 1.33 bits per heavy atom. The summed E-state index contributed by atoms with van der Waals surface area (Å²) in [5.74, 6) is 0.762. The van der Waals surface area contributed by atoms with Crippen LogP contribution in [0.1, 0.15) is 39.0 Å². The topological polar surface area (TPSA) is 29.1 Å². The maximum Gasteiger partial charge on any atom is 0.152 e. The fourth-order valence-corrected chi connectivity index (χ4v) is 1.88. The molecular weight excluding hydrogens is 150 g/mol. The van der Waals surface area contributed by atoms with E-state index in [0.717, 1.165) is 12.8 Å². The van der Waals surface area contributed by atoms with E-state index in [2.05, 4.69) is 5.32 Å². The Labute approximate surface area is 74.7 Å². The predicted octanol–water partition coefficient (Wildman–Crippen LogP) is 1.74. The summed E-state index contributed by atoms with van der Waals surface area (Å²) >= 11 is 0. The van der Waals surface area contributed by atoms with Gasteiger partial charge < -0.3 is 5.32 Å². The van der Waals surface area contributed by atoms with Crippen molar-refractivity contribution >= 4 is 5.78 Å². The summed E-state index contributed by atoms with van der Waals surface area (Å²) in [6.45, 7) is 1.96. The highest BCUT2D eigenvalue weighted by molar-refractivity contribution is 5.85. The molecule has 0 heterocycles. The molecule has 2 heteroatoms. The lowest BCUT2D eigenvalue weighted by Gasteiger charge is -2.22. The van der Waals surface area contributed by atoms with Crippen LogP contribution < -0.4 is 5.32 Å². The molecule has 1 saturated carbocycles. The first-order chi connectivity index (χ1) is 5.75. The predicted molar refractivity (Wildman–Crippen MR) is 50.1 cm³/mol. The molecule has 0 saturated heterocycles. The molecule has 1 atom stereocenters. The summed E-state index contributed by atoms with van der Waals surface area (Å²) in [5.41, 5.74) is 0. The molecular formula is C10H19NO. The minimum Gasteiger partial charge on any atom is -0.311 e. The van der Waals surface area contributed by atoms with Crippen LogP contribution in [0.3, 0.4) is 0 Å². The maximum absolute atomic E-state index is 11.7. The number of nitrogens with one attached hydrogen (secondary N) is 1. The van der Waals surface area contributed by atoms with Gasteiger partial charge in [-0.3, -0.25) is 4.79 Å². The third kappa shape index (κ3) is 2.31. The van der Waals surface area contributed by atoms with Crippen LogP contribution in [0.5, 0.6) is 0 Å². The highest BCUT2D eigenvalue weighted by atomic mass is 16.1. The van der Waals surface area contributed by atoms with Crippen molar-refractivity contribution in [2.75, 3.05) is 7.05 Å². The molecule has 0 bridgehead atoms. The minimum absolute atomic E-state index is 0.0492. The Morgan fingerprint density at radius 2 is 1.92 bits per heavy atom. The summed E-state index contributed by atoms with van der Waals surface area (Å²) in [6, 6.07) is 0.0492. The molecule has 70 valence electrons. The van der Waals surface area contributed by atoms with Gasteiger partial charge in [0.05, 0.1) is 6.04 Å². The Morgan fingerprint density at radius 3 is 2.42 bits per heavy atom. The van der Waals surface area contributed by atoms with Gasteiger partial charge in [-0.15, -0.1) is 0 Å². The van der Waals surface area contributed by atoms with Crippen molar-refractivity contribution in [1.82, 2.24) is 5.32 Å². The van der Waals surface area contributed by atoms with E-state index < -0.39 is 0 Å². The summed E-state index contributed by atoms with van der Waals surface area (Å²) in [7, 11) is 1.85. The van der Waals surface area contributed by atoms with Gasteiger partial charge in [0.15, 0.2) is 5.78 Å². The summed E-state index contributed by atoms with van der Waals surface area (Å²) < 4.78 is 0. The van der Waals surface area contributed by atoms with Crippen LogP contribution in [0.15, 0.2) is 0 Å². The average Bonchev–Trinajstić information content (AvgIpc) is 2.17. The van der Waals surface area contributed by atoms with Gasteiger partial charge in [0.25, 0.3) is 0 Å². The molecule has 0 unspecified atom stereocenters. The number of likely N-dealkylation sites (N-methyl/N-ethyl adjacent to an activating group) is 1. The largest absolute Gasteiger partial charge is 0.311 e. The summed E-state index contributed by atoms with van der Waals surface area (Å²) in [4.78, 5) is 11.7. The lowest BCUT2D eigenvalue weighted by molar-refractivity contribution is -0.125. The molecule has 0 spiro atoms. The smallest absolute Gasteiger partial charge is 0.152 e. The Bertz CT molecular complexity index is 150. The van der Waals surface area contributed by atoms with Gasteiger partial charge in [-0.1, -0.05) is 19.3 Å². The molecule has 1 rings (SSSR count). The van der Waals surface area contributed by atoms with Crippen LogP contribution >= 0.6 is 0 Å². The number of Topliss-reactive ketones (excluding diaryl/α,β-unsaturated/α-hetero) is 1. The lowest BCUT2D eigenvalue weighted by Crippen LogP contribution is -2.36. The second kappa shape index (κ2) is 4.61.